The quantitative estimate of drug-likeness (QED) is 0.761. The summed E-state index contributed by atoms with van der Waals surface area (Å²) in [5.74, 6) is 1.94. The lowest BCUT2D eigenvalue weighted by atomic mass is 9.87. The first-order chi connectivity index (χ1) is 9.01. The van der Waals surface area contributed by atoms with Crippen molar-refractivity contribution in [2.45, 2.75) is 52.5 Å². The minimum Gasteiger partial charge on any atom is -0.370 e. The molecule has 0 saturated heterocycles. The third-order valence-corrected chi connectivity index (χ3v) is 3.88. The lowest BCUT2D eigenvalue weighted by Gasteiger charge is -2.28. The zero-order chi connectivity index (χ0) is 13.9. The average Bonchev–Trinajstić information content (AvgIpc) is 2.65. The van der Waals surface area contributed by atoms with E-state index in [4.69, 9.17) is 5.73 Å². The minimum atomic E-state index is 0.316. The Morgan fingerprint density at radius 3 is 2.74 bits per heavy atom. The lowest BCUT2D eigenvalue weighted by Crippen LogP contribution is -2.31. The van der Waals surface area contributed by atoms with Gasteiger partial charge in [0.2, 0.25) is 5.95 Å². The fraction of sp³-hybridized carbons (Fsp3) is 0.714. The third kappa shape index (κ3) is 3.49. The monoisotopic (exact) mass is 263 g/mol. The van der Waals surface area contributed by atoms with E-state index in [9.17, 15) is 0 Å². The third-order valence-electron chi connectivity index (χ3n) is 3.88. The number of nitrogens with two attached hydrogens (primary N) is 1. The topological polar surface area (TPSA) is 75.9 Å². The molecule has 1 aliphatic carbocycles. The Bertz CT molecular complexity index is 430. The molecule has 1 aromatic heterocycles. The van der Waals surface area contributed by atoms with Gasteiger partial charge in [0.05, 0.1) is 0 Å². The molecule has 1 saturated carbocycles. The van der Waals surface area contributed by atoms with E-state index in [-0.39, 0.29) is 0 Å². The van der Waals surface area contributed by atoms with Crippen LogP contribution in [0.3, 0.4) is 0 Å². The van der Waals surface area contributed by atoms with E-state index < -0.39 is 0 Å². The Morgan fingerprint density at radius 1 is 1.37 bits per heavy atom. The lowest BCUT2D eigenvalue weighted by molar-refractivity contribution is 0.349. The summed E-state index contributed by atoms with van der Waals surface area (Å²) in [4.78, 5) is 8.48. The van der Waals surface area contributed by atoms with Gasteiger partial charge in [0.15, 0.2) is 0 Å². The maximum Gasteiger partial charge on any atom is 0.223 e. The van der Waals surface area contributed by atoms with Gasteiger partial charge in [-0.1, -0.05) is 27.2 Å². The highest BCUT2D eigenvalue weighted by atomic mass is 15.1. The molecule has 5 nitrogen and oxygen atoms in total. The number of hydrogen-bond acceptors (Lipinski definition) is 5. The van der Waals surface area contributed by atoms with Crippen molar-refractivity contribution in [2.75, 3.05) is 22.9 Å². The summed E-state index contributed by atoms with van der Waals surface area (Å²) >= 11 is 0. The van der Waals surface area contributed by atoms with Crippen LogP contribution in [0.4, 0.5) is 17.6 Å². The van der Waals surface area contributed by atoms with Crippen molar-refractivity contribution in [3.05, 3.63) is 6.07 Å². The first-order valence-corrected chi connectivity index (χ1v) is 7.16. The Labute approximate surface area is 115 Å². The van der Waals surface area contributed by atoms with Gasteiger partial charge in [0.1, 0.15) is 11.6 Å². The highest BCUT2D eigenvalue weighted by Crippen LogP contribution is 2.38. The van der Waals surface area contributed by atoms with Crippen molar-refractivity contribution >= 4 is 17.6 Å². The second-order valence-electron chi connectivity index (χ2n) is 6.00. The van der Waals surface area contributed by atoms with Crippen LogP contribution in [0, 0.1) is 5.41 Å². The molecular weight excluding hydrogens is 238 g/mol. The van der Waals surface area contributed by atoms with Gasteiger partial charge in [0, 0.05) is 18.7 Å². The fourth-order valence-corrected chi connectivity index (χ4v) is 2.66. The molecule has 1 heterocycles. The molecule has 2 rings (SSSR count). The number of nitrogen functional groups attached to an aromatic ring is 1. The fourth-order valence-electron chi connectivity index (χ4n) is 2.66. The smallest absolute Gasteiger partial charge is 0.223 e. The predicted molar refractivity (Wildman–Crippen MR) is 80.3 cm³/mol. The summed E-state index contributed by atoms with van der Waals surface area (Å²) in [6.45, 7) is 7.62. The molecule has 1 unspecified atom stereocenters. The molecule has 4 N–H and O–H groups in total. The van der Waals surface area contributed by atoms with E-state index in [0.717, 1.165) is 24.6 Å². The number of aromatic nitrogens is 2. The maximum absolute atomic E-state index is 5.77. The molecule has 0 aliphatic heterocycles. The second kappa shape index (κ2) is 5.63. The molecule has 0 aromatic carbocycles. The summed E-state index contributed by atoms with van der Waals surface area (Å²) in [5, 5.41) is 6.77. The minimum absolute atomic E-state index is 0.316. The van der Waals surface area contributed by atoms with Crippen molar-refractivity contribution in [2.24, 2.45) is 5.41 Å². The number of anilines is 3. The second-order valence-corrected chi connectivity index (χ2v) is 6.00. The maximum atomic E-state index is 5.77. The average molecular weight is 263 g/mol. The predicted octanol–water partition coefficient (Wildman–Crippen LogP) is 2.87. The number of hydrogen-bond donors (Lipinski definition) is 3. The van der Waals surface area contributed by atoms with E-state index in [1.807, 2.05) is 6.07 Å². The Hall–Kier alpha value is -1.52. The first-order valence-electron chi connectivity index (χ1n) is 7.16. The first kappa shape index (κ1) is 13.9. The van der Waals surface area contributed by atoms with E-state index in [2.05, 4.69) is 41.4 Å². The SMILES string of the molecule is CCCNc1cc(NC2CCCC2(C)C)nc(N)n1. The molecule has 5 heteroatoms. The van der Waals surface area contributed by atoms with Gasteiger partial charge in [-0.15, -0.1) is 0 Å². The van der Waals surface area contributed by atoms with Crippen LogP contribution in [0.15, 0.2) is 6.07 Å². The summed E-state index contributed by atoms with van der Waals surface area (Å²) < 4.78 is 0. The molecule has 19 heavy (non-hydrogen) atoms. The highest BCUT2D eigenvalue weighted by molar-refractivity contribution is 5.51. The zero-order valence-corrected chi connectivity index (χ0v) is 12.2. The van der Waals surface area contributed by atoms with Gasteiger partial charge in [-0.05, 0) is 24.7 Å². The van der Waals surface area contributed by atoms with Gasteiger partial charge in [-0.25, -0.2) is 0 Å². The highest BCUT2D eigenvalue weighted by Gasteiger charge is 2.34. The van der Waals surface area contributed by atoms with Crippen molar-refractivity contribution in [1.29, 1.82) is 0 Å². The largest absolute Gasteiger partial charge is 0.370 e. The molecule has 0 bridgehead atoms. The summed E-state index contributed by atoms with van der Waals surface area (Å²) in [5.41, 5.74) is 6.09. The van der Waals surface area contributed by atoms with Crippen LogP contribution < -0.4 is 16.4 Å². The molecule has 1 aliphatic rings. The van der Waals surface area contributed by atoms with Gasteiger partial charge < -0.3 is 16.4 Å². The van der Waals surface area contributed by atoms with Crippen LogP contribution >= 0.6 is 0 Å². The normalized spacial score (nSPS) is 21.3. The number of nitrogens with one attached hydrogen (secondary N) is 2. The van der Waals surface area contributed by atoms with Crippen LogP contribution in [0.25, 0.3) is 0 Å². The number of nitrogens with zero attached hydrogens (tertiary/aromatic N) is 2. The zero-order valence-electron chi connectivity index (χ0n) is 12.2. The summed E-state index contributed by atoms with van der Waals surface area (Å²) in [7, 11) is 0. The summed E-state index contributed by atoms with van der Waals surface area (Å²) in [6, 6.07) is 2.40. The van der Waals surface area contributed by atoms with E-state index in [1.54, 1.807) is 0 Å². The molecule has 0 radical (unpaired) electrons. The van der Waals surface area contributed by atoms with E-state index >= 15 is 0 Å². The Balaban J connectivity index is 2.09. The van der Waals surface area contributed by atoms with Gasteiger partial charge >= 0.3 is 0 Å². The molecule has 0 amide bonds. The molecule has 0 spiro atoms. The number of rotatable bonds is 5. The van der Waals surface area contributed by atoms with Gasteiger partial charge in [-0.2, -0.15) is 9.97 Å². The van der Waals surface area contributed by atoms with Crippen LogP contribution in [0.2, 0.25) is 0 Å². The van der Waals surface area contributed by atoms with Crippen LogP contribution in [-0.2, 0) is 0 Å². The van der Waals surface area contributed by atoms with Gasteiger partial charge in [-0.3, -0.25) is 0 Å². The molecule has 1 fully saturated rings. The van der Waals surface area contributed by atoms with Crippen molar-refractivity contribution < 1.29 is 0 Å². The molecule has 1 aromatic rings. The van der Waals surface area contributed by atoms with Crippen molar-refractivity contribution in [3.8, 4) is 0 Å². The standard InChI is InChI=1S/C14H25N5/c1-4-8-16-11-9-12(19-13(15)18-11)17-10-6-5-7-14(10,2)3/h9-10H,4-8H2,1-3H3,(H4,15,16,17,18,19). The summed E-state index contributed by atoms with van der Waals surface area (Å²) in [6.07, 6.45) is 4.77. The van der Waals surface area contributed by atoms with Crippen LogP contribution in [0.1, 0.15) is 46.5 Å². The molecule has 106 valence electrons. The van der Waals surface area contributed by atoms with Crippen LogP contribution in [0.5, 0.6) is 0 Å². The van der Waals surface area contributed by atoms with Crippen LogP contribution in [-0.4, -0.2) is 22.6 Å². The Kier molecular flexibility index (Phi) is 4.12. The Morgan fingerprint density at radius 2 is 2.11 bits per heavy atom. The van der Waals surface area contributed by atoms with E-state index in [0.29, 0.717) is 17.4 Å². The molecule has 1 atom stereocenters. The van der Waals surface area contributed by atoms with Crippen molar-refractivity contribution in [1.82, 2.24) is 9.97 Å². The van der Waals surface area contributed by atoms with E-state index in [1.165, 1.54) is 19.3 Å². The van der Waals surface area contributed by atoms with Gasteiger partial charge in [0.25, 0.3) is 0 Å². The van der Waals surface area contributed by atoms with Crippen molar-refractivity contribution in [3.63, 3.8) is 0 Å². The molecular formula is C14H25N5.